The number of benzene rings is 1. The molecule has 9 heteroatoms. The van der Waals surface area contributed by atoms with E-state index in [-0.39, 0.29) is 21.0 Å². The number of nitrogens with zero attached hydrogens (tertiary/aromatic N) is 2. The van der Waals surface area contributed by atoms with Crippen molar-refractivity contribution >= 4 is 45.6 Å². The molecular weight excluding hydrogens is 346 g/mol. The highest BCUT2D eigenvalue weighted by Gasteiger charge is 2.27. The van der Waals surface area contributed by atoms with Gasteiger partial charge in [-0.15, -0.1) is 0 Å². The van der Waals surface area contributed by atoms with Crippen molar-refractivity contribution in [3.8, 4) is 0 Å². The van der Waals surface area contributed by atoms with E-state index in [9.17, 15) is 19.2 Å². The lowest BCUT2D eigenvalue weighted by Gasteiger charge is -2.19. The van der Waals surface area contributed by atoms with Crippen LogP contribution in [0.2, 0.25) is 0 Å². The quantitative estimate of drug-likeness (QED) is 0.753. The van der Waals surface area contributed by atoms with Gasteiger partial charge in [0, 0.05) is 11.5 Å². The second-order valence-electron chi connectivity index (χ2n) is 5.43. The van der Waals surface area contributed by atoms with Crippen LogP contribution in [0.4, 0.5) is 9.18 Å². The topological polar surface area (TPSA) is 84.6 Å². The fraction of sp³-hybridized carbons (Fsp3) is 0.333. The van der Waals surface area contributed by atoms with Gasteiger partial charge in [0.1, 0.15) is 17.0 Å². The summed E-state index contributed by atoms with van der Waals surface area (Å²) in [5.41, 5.74) is -0.828. The van der Waals surface area contributed by atoms with Gasteiger partial charge < -0.3 is 14.8 Å². The van der Waals surface area contributed by atoms with Gasteiger partial charge in [0.05, 0.1) is 9.99 Å². The summed E-state index contributed by atoms with van der Waals surface area (Å²) in [6.45, 7) is 5.03. The molecule has 0 radical (unpaired) electrons. The minimum absolute atomic E-state index is 0.0908. The molecule has 112 valence electrons. The third kappa shape index (κ3) is 3.25. The van der Waals surface area contributed by atoms with Gasteiger partial charge in [0.15, 0.2) is 0 Å². The van der Waals surface area contributed by atoms with E-state index in [1.54, 1.807) is 20.8 Å². The summed E-state index contributed by atoms with van der Waals surface area (Å²) < 4.78 is 19.8. The zero-order valence-corrected chi connectivity index (χ0v) is 13.2. The predicted molar refractivity (Wildman–Crippen MR) is 78.8 cm³/mol. The Hall–Kier alpha value is -1.45. The van der Waals surface area contributed by atoms with E-state index in [1.165, 1.54) is 6.07 Å². The lowest BCUT2D eigenvalue weighted by molar-refractivity contribution is 0.0523. The highest BCUT2D eigenvalue weighted by molar-refractivity contribution is 9.10. The van der Waals surface area contributed by atoms with Crippen LogP contribution in [0.1, 0.15) is 20.8 Å². The van der Waals surface area contributed by atoms with E-state index in [2.05, 4.69) is 21.0 Å². The number of aromatic nitrogens is 2. The van der Waals surface area contributed by atoms with Gasteiger partial charge in [-0.1, -0.05) is 0 Å². The van der Waals surface area contributed by atoms with Gasteiger partial charge in [-0.3, -0.25) is 0 Å². The molecule has 0 saturated heterocycles. The Kier molecular flexibility index (Phi) is 4.09. The minimum atomic E-state index is -1.89. The third-order valence-corrected chi connectivity index (χ3v) is 3.17. The standard InChI is InChI=1S/C12H13BBrFN2O4/c1-12(2,3)21-11(18)17-9-5-8(15)7(14)4-6(9)10(16-17)13(19)20/h4-5,19-20H,1-3H3. The molecule has 0 atom stereocenters. The molecular formula is C12H13BBrFN2O4. The number of hydrogen-bond acceptors (Lipinski definition) is 5. The average molecular weight is 359 g/mol. The average Bonchev–Trinajstić information content (AvgIpc) is 2.66. The molecule has 21 heavy (non-hydrogen) atoms. The molecule has 2 aromatic rings. The monoisotopic (exact) mass is 358 g/mol. The summed E-state index contributed by atoms with van der Waals surface area (Å²) in [5, 5.41) is 22.7. The van der Waals surface area contributed by atoms with Crippen molar-refractivity contribution in [1.29, 1.82) is 0 Å². The molecule has 0 fully saturated rings. The molecule has 0 aliphatic heterocycles. The Morgan fingerprint density at radius 3 is 2.57 bits per heavy atom. The first-order valence-electron chi connectivity index (χ1n) is 6.07. The first-order valence-corrected chi connectivity index (χ1v) is 6.86. The van der Waals surface area contributed by atoms with Gasteiger partial charge >= 0.3 is 13.2 Å². The van der Waals surface area contributed by atoms with Gasteiger partial charge in [-0.05, 0) is 42.8 Å². The van der Waals surface area contributed by atoms with Crippen molar-refractivity contribution in [3.05, 3.63) is 22.4 Å². The Morgan fingerprint density at radius 1 is 1.43 bits per heavy atom. The van der Waals surface area contributed by atoms with Gasteiger partial charge in [0.25, 0.3) is 0 Å². The Labute approximate surface area is 128 Å². The van der Waals surface area contributed by atoms with Gasteiger partial charge in [-0.25, -0.2) is 9.18 Å². The lowest BCUT2D eigenvalue weighted by Crippen LogP contribution is -2.34. The molecule has 0 aliphatic carbocycles. The molecule has 1 heterocycles. The van der Waals surface area contributed by atoms with Crippen molar-refractivity contribution in [2.45, 2.75) is 26.4 Å². The summed E-state index contributed by atoms with van der Waals surface area (Å²) in [5.74, 6) is -0.605. The maximum absolute atomic E-state index is 13.7. The van der Waals surface area contributed by atoms with Crippen molar-refractivity contribution < 1.29 is 24.0 Å². The second kappa shape index (κ2) is 5.40. The van der Waals surface area contributed by atoms with Crippen molar-refractivity contribution in [2.75, 3.05) is 0 Å². The Balaban J connectivity index is 2.64. The molecule has 2 rings (SSSR count). The Morgan fingerprint density at radius 2 is 2.05 bits per heavy atom. The predicted octanol–water partition coefficient (Wildman–Crippen LogP) is 1.40. The zero-order chi connectivity index (χ0) is 15.9. The Bertz CT molecular complexity index is 711. The molecule has 1 aromatic heterocycles. The van der Waals surface area contributed by atoms with E-state index in [0.29, 0.717) is 0 Å². The van der Waals surface area contributed by atoms with E-state index < -0.39 is 24.6 Å². The third-order valence-electron chi connectivity index (χ3n) is 2.56. The van der Waals surface area contributed by atoms with E-state index in [0.717, 1.165) is 10.7 Å². The van der Waals surface area contributed by atoms with Crippen LogP contribution < -0.4 is 5.59 Å². The van der Waals surface area contributed by atoms with Crippen LogP contribution in [-0.2, 0) is 4.74 Å². The molecule has 6 nitrogen and oxygen atoms in total. The number of rotatable bonds is 1. The molecule has 0 amide bonds. The first-order chi connectivity index (χ1) is 9.60. The van der Waals surface area contributed by atoms with Gasteiger partial charge in [0.2, 0.25) is 0 Å². The number of ether oxygens (including phenoxy) is 1. The van der Waals surface area contributed by atoms with Crippen molar-refractivity contribution in [3.63, 3.8) is 0 Å². The molecule has 0 aliphatic rings. The normalized spacial score (nSPS) is 11.8. The van der Waals surface area contributed by atoms with E-state index >= 15 is 0 Å². The van der Waals surface area contributed by atoms with Crippen LogP contribution >= 0.6 is 15.9 Å². The lowest BCUT2D eigenvalue weighted by atomic mass is 9.84. The molecule has 2 N–H and O–H groups in total. The van der Waals surface area contributed by atoms with E-state index in [1.807, 2.05) is 0 Å². The fourth-order valence-electron chi connectivity index (χ4n) is 1.77. The number of carbonyl (C=O) groups is 1. The maximum atomic E-state index is 13.7. The number of hydrogen-bond donors (Lipinski definition) is 2. The summed E-state index contributed by atoms with van der Waals surface area (Å²) in [7, 11) is -1.89. The summed E-state index contributed by atoms with van der Waals surface area (Å²) >= 11 is 3.00. The summed E-state index contributed by atoms with van der Waals surface area (Å²) in [4.78, 5) is 12.1. The minimum Gasteiger partial charge on any atom is -0.442 e. The van der Waals surface area contributed by atoms with Crippen LogP contribution in [0, 0.1) is 5.82 Å². The van der Waals surface area contributed by atoms with E-state index in [4.69, 9.17) is 4.74 Å². The second-order valence-corrected chi connectivity index (χ2v) is 6.29. The van der Waals surface area contributed by atoms with Crippen LogP contribution in [0.5, 0.6) is 0 Å². The highest BCUT2D eigenvalue weighted by Crippen LogP contribution is 2.23. The summed E-state index contributed by atoms with van der Waals surface area (Å²) in [6.07, 6.45) is -0.832. The van der Waals surface area contributed by atoms with Crippen LogP contribution in [0.3, 0.4) is 0 Å². The molecule has 1 aromatic carbocycles. The first kappa shape index (κ1) is 15.9. The molecule has 0 spiro atoms. The molecule has 0 bridgehead atoms. The van der Waals surface area contributed by atoms with Gasteiger partial charge in [-0.2, -0.15) is 9.78 Å². The van der Waals surface area contributed by atoms with Crippen molar-refractivity contribution in [2.24, 2.45) is 0 Å². The van der Waals surface area contributed by atoms with Crippen molar-refractivity contribution in [1.82, 2.24) is 9.78 Å². The number of carbonyl (C=O) groups excluding carboxylic acids is 1. The molecule has 0 saturated carbocycles. The van der Waals surface area contributed by atoms with Crippen LogP contribution in [-0.4, -0.2) is 38.6 Å². The summed E-state index contributed by atoms with van der Waals surface area (Å²) in [6, 6.07) is 2.40. The fourth-order valence-corrected chi connectivity index (χ4v) is 2.11. The van der Waals surface area contributed by atoms with Crippen LogP contribution in [0.15, 0.2) is 16.6 Å². The zero-order valence-electron chi connectivity index (χ0n) is 11.6. The largest absolute Gasteiger partial charge is 0.510 e. The smallest absolute Gasteiger partial charge is 0.442 e. The maximum Gasteiger partial charge on any atom is 0.510 e. The number of halogens is 2. The highest BCUT2D eigenvalue weighted by atomic mass is 79.9. The van der Waals surface area contributed by atoms with Crippen LogP contribution in [0.25, 0.3) is 10.9 Å². The molecule has 0 unspecified atom stereocenters. The number of fused-ring (bicyclic) bond motifs is 1. The SMILES string of the molecule is CC(C)(C)OC(=O)n1nc(B(O)O)c2cc(Br)c(F)cc21.